The smallest absolute Gasteiger partial charge is 0.108 e. The molecule has 0 aromatic heterocycles. The van der Waals surface area contributed by atoms with Gasteiger partial charge in [0, 0.05) is 0 Å². The van der Waals surface area contributed by atoms with E-state index < -0.39 is 16.1 Å². The van der Waals surface area contributed by atoms with Crippen molar-refractivity contribution in [3.05, 3.63) is 0 Å². The molecule has 0 aromatic carbocycles. The zero-order valence-electron chi connectivity index (χ0n) is 9.79. The van der Waals surface area contributed by atoms with Gasteiger partial charge in [-0.2, -0.15) is 0 Å². The van der Waals surface area contributed by atoms with E-state index in [1.165, 1.54) is 0 Å². The molecule has 2 N–H and O–H groups in total. The lowest BCUT2D eigenvalue weighted by Gasteiger charge is -2.25. The van der Waals surface area contributed by atoms with Gasteiger partial charge in [-0.25, -0.2) is 0 Å². The van der Waals surface area contributed by atoms with Crippen LogP contribution in [0.3, 0.4) is 0 Å². The Labute approximate surface area is 87.3 Å². The first-order valence-electron chi connectivity index (χ1n) is 4.60. The minimum atomic E-state index is -1.74. The van der Waals surface area contributed by atoms with Gasteiger partial charge in [0.05, 0.1) is 10.7 Å². The lowest BCUT2D eigenvalue weighted by Crippen LogP contribution is -2.49. The molecule has 0 aliphatic heterocycles. The average molecular weight is 232 g/mol. The van der Waals surface area contributed by atoms with Crippen molar-refractivity contribution in [1.82, 2.24) is 0 Å². The van der Waals surface area contributed by atoms with E-state index in [0.29, 0.717) is 10.7 Å². The van der Waals surface area contributed by atoms with Gasteiger partial charge in [-0.15, -0.1) is 0 Å². The fourth-order valence-electron chi connectivity index (χ4n) is 1.11. The van der Waals surface area contributed by atoms with E-state index >= 15 is 0 Å². The Kier molecular flexibility index (Phi) is 4.07. The summed E-state index contributed by atoms with van der Waals surface area (Å²) in [4.78, 5) is 0. The molecular formula is C8H20N2O2Si2. The summed E-state index contributed by atoms with van der Waals surface area (Å²) >= 11 is 0. The SMILES string of the molecule is C[Si](C)(C)C(=NO)C(=NO)[Si](C)(C)C. The molecule has 0 aliphatic carbocycles. The molecule has 4 nitrogen and oxygen atoms in total. The summed E-state index contributed by atoms with van der Waals surface area (Å²) in [6, 6.07) is 0. The maximum absolute atomic E-state index is 8.98. The van der Waals surface area contributed by atoms with Crippen LogP contribution in [0.2, 0.25) is 39.3 Å². The first-order valence-corrected chi connectivity index (χ1v) is 11.6. The zero-order chi connectivity index (χ0) is 11.6. The molecule has 0 aliphatic rings. The van der Waals surface area contributed by atoms with Gasteiger partial charge in [-0.3, -0.25) is 0 Å². The van der Waals surface area contributed by atoms with Gasteiger partial charge in [-0.05, 0) is 0 Å². The molecule has 0 radical (unpaired) electrons. The van der Waals surface area contributed by atoms with Crippen LogP contribution in [0, 0.1) is 0 Å². The molecule has 6 heteroatoms. The summed E-state index contributed by atoms with van der Waals surface area (Å²) < 4.78 is 0. The maximum Gasteiger partial charge on any atom is 0.108 e. The highest BCUT2D eigenvalue weighted by Crippen LogP contribution is 2.13. The van der Waals surface area contributed by atoms with Gasteiger partial charge < -0.3 is 10.4 Å². The summed E-state index contributed by atoms with van der Waals surface area (Å²) in [5, 5.41) is 25.8. The van der Waals surface area contributed by atoms with Crippen molar-refractivity contribution < 1.29 is 10.4 Å². The third kappa shape index (κ3) is 3.26. The Morgan fingerprint density at radius 1 is 0.714 bits per heavy atom. The van der Waals surface area contributed by atoms with Crippen LogP contribution in [0.1, 0.15) is 0 Å². The molecule has 0 saturated heterocycles. The molecule has 82 valence electrons. The van der Waals surface area contributed by atoms with Crippen LogP contribution in [0.15, 0.2) is 10.3 Å². The van der Waals surface area contributed by atoms with Crippen LogP contribution in [-0.2, 0) is 0 Å². The average Bonchev–Trinajstić information content (AvgIpc) is 1.94. The number of hydrogen-bond donors (Lipinski definition) is 2. The van der Waals surface area contributed by atoms with Crippen LogP contribution in [-0.4, -0.2) is 37.2 Å². The first-order chi connectivity index (χ1) is 6.14. The second-order valence-corrected chi connectivity index (χ2v) is 15.3. The third-order valence-corrected chi connectivity index (χ3v) is 5.61. The zero-order valence-corrected chi connectivity index (χ0v) is 11.8. The van der Waals surface area contributed by atoms with E-state index in [9.17, 15) is 0 Å². The summed E-state index contributed by atoms with van der Waals surface area (Å²) in [5.74, 6) is 0. The quantitative estimate of drug-likeness (QED) is 0.340. The Morgan fingerprint density at radius 2 is 0.929 bits per heavy atom. The molecule has 0 bridgehead atoms. The number of oxime groups is 2. The Bertz CT molecular complexity index is 233. The van der Waals surface area contributed by atoms with Crippen LogP contribution < -0.4 is 0 Å². The minimum absolute atomic E-state index is 0.610. The van der Waals surface area contributed by atoms with E-state index in [1.807, 2.05) is 0 Å². The molecule has 0 amide bonds. The highest BCUT2D eigenvalue weighted by molar-refractivity contribution is 7.28. The highest BCUT2D eigenvalue weighted by Gasteiger charge is 2.35. The topological polar surface area (TPSA) is 65.2 Å². The lowest BCUT2D eigenvalue weighted by atomic mass is 10.8. The Morgan fingerprint density at radius 3 is 1.00 bits per heavy atom. The van der Waals surface area contributed by atoms with Crippen molar-refractivity contribution in [3.63, 3.8) is 0 Å². The molecule has 14 heavy (non-hydrogen) atoms. The monoisotopic (exact) mass is 232 g/mol. The Hall–Kier alpha value is -0.626. The van der Waals surface area contributed by atoms with Gasteiger partial charge >= 0.3 is 0 Å². The predicted octanol–water partition coefficient (Wildman–Crippen LogP) is 2.40. The van der Waals surface area contributed by atoms with Crippen molar-refractivity contribution >= 4 is 26.8 Å². The summed E-state index contributed by atoms with van der Waals surface area (Å²) in [6.45, 7) is 12.4. The predicted molar refractivity (Wildman–Crippen MR) is 65.1 cm³/mol. The van der Waals surface area contributed by atoms with Crippen LogP contribution in [0.5, 0.6) is 0 Å². The largest absolute Gasteiger partial charge is 0.411 e. The van der Waals surface area contributed by atoms with E-state index in [4.69, 9.17) is 10.4 Å². The van der Waals surface area contributed by atoms with Crippen molar-refractivity contribution in [3.8, 4) is 0 Å². The minimum Gasteiger partial charge on any atom is -0.411 e. The van der Waals surface area contributed by atoms with E-state index in [1.54, 1.807) is 0 Å². The van der Waals surface area contributed by atoms with Crippen molar-refractivity contribution in [2.75, 3.05) is 0 Å². The second-order valence-electron chi connectivity index (χ2n) is 5.40. The van der Waals surface area contributed by atoms with Crippen molar-refractivity contribution in [1.29, 1.82) is 0 Å². The summed E-state index contributed by atoms with van der Waals surface area (Å²) in [7, 11) is -3.47. The fourth-order valence-corrected chi connectivity index (χ4v) is 5.48. The molecule has 0 rings (SSSR count). The molecule has 0 heterocycles. The number of hydrogen-bond acceptors (Lipinski definition) is 4. The summed E-state index contributed by atoms with van der Waals surface area (Å²) in [6.07, 6.45) is 0. The molecule has 0 spiro atoms. The van der Waals surface area contributed by atoms with Crippen LogP contribution in [0.4, 0.5) is 0 Å². The van der Waals surface area contributed by atoms with Crippen molar-refractivity contribution in [2.24, 2.45) is 10.3 Å². The third-order valence-electron chi connectivity index (χ3n) is 1.85. The van der Waals surface area contributed by atoms with Crippen LogP contribution in [0.25, 0.3) is 0 Å². The number of nitrogens with zero attached hydrogens (tertiary/aromatic N) is 2. The van der Waals surface area contributed by atoms with Gasteiger partial charge in [-0.1, -0.05) is 49.6 Å². The molecule has 0 fully saturated rings. The normalized spacial score (nSPS) is 15.9. The number of rotatable bonds is 3. The van der Waals surface area contributed by atoms with E-state index in [0.717, 1.165) is 0 Å². The van der Waals surface area contributed by atoms with Gasteiger partial charge in [0.25, 0.3) is 0 Å². The van der Waals surface area contributed by atoms with Gasteiger partial charge in [0.15, 0.2) is 0 Å². The second kappa shape index (κ2) is 4.26. The molecule has 0 atom stereocenters. The molecule has 0 aromatic rings. The van der Waals surface area contributed by atoms with E-state index in [2.05, 4.69) is 49.6 Å². The molecular weight excluding hydrogens is 212 g/mol. The summed E-state index contributed by atoms with van der Waals surface area (Å²) in [5.41, 5.74) is 0. The molecule has 0 saturated carbocycles. The van der Waals surface area contributed by atoms with E-state index in [-0.39, 0.29) is 0 Å². The standard InChI is InChI=1S/C8H20N2O2Si2/c1-13(2,3)7(9-11)8(10-12)14(4,5)6/h11-12H,1-6H3. The molecule has 0 unspecified atom stereocenters. The Balaban J connectivity index is 5.27. The van der Waals surface area contributed by atoms with Crippen LogP contribution >= 0.6 is 0 Å². The van der Waals surface area contributed by atoms with Gasteiger partial charge in [0.1, 0.15) is 16.1 Å². The lowest BCUT2D eigenvalue weighted by molar-refractivity contribution is 0.315. The van der Waals surface area contributed by atoms with Gasteiger partial charge in [0.2, 0.25) is 0 Å². The highest BCUT2D eigenvalue weighted by atomic mass is 28.3. The first kappa shape index (κ1) is 13.4. The maximum atomic E-state index is 8.98. The fraction of sp³-hybridized carbons (Fsp3) is 0.750. The van der Waals surface area contributed by atoms with Crippen molar-refractivity contribution in [2.45, 2.75) is 39.3 Å².